The molecule has 1 aliphatic rings. The van der Waals surface area contributed by atoms with E-state index in [4.69, 9.17) is 9.47 Å². The van der Waals surface area contributed by atoms with Gasteiger partial charge in [0.25, 0.3) is 0 Å². The molecule has 3 rings (SSSR count). The Labute approximate surface area is 223 Å². The summed E-state index contributed by atoms with van der Waals surface area (Å²) in [6.07, 6.45) is -0.866. The molecule has 2 amide bonds. The summed E-state index contributed by atoms with van der Waals surface area (Å²) in [6.45, 7) is 6.29. The molecule has 1 atom stereocenters. The van der Waals surface area contributed by atoms with Gasteiger partial charge in [0, 0.05) is 26.2 Å². The fourth-order valence-corrected chi connectivity index (χ4v) is 5.15. The molecule has 0 aliphatic carbocycles. The summed E-state index contributed by atoms with van der Waals surface area (Å²) < 4.78 is 38.9. The van der Waals surface area contributed by atoms with Gasteiger partial charge in [-0.1, -0.05) is 60.7 Å². The molecule has 0 radical (unpaired) electrons. The summed E-state index contributed by atoms with van der Waals surface area (Å²) in [5.74, 6) is -1.61. The van der Waals surface area contributed by atoms with Crippen LogP contribution in [0, 0.1) is 0 Å². The second-order valence-corrected chi connectivity index (χ2v) is 11.8. The molecule has 0 aromatic heterocycles. The molecule has 10 nitrogen and oxygen atoms in total. The minimum absolute atomic E-state index is 0.0562. The highest BCUT2D eigenvalue weighted by atomic mass is 32.2. The summed E-state index contributed by atoms with van der Waals surface area (Å²) in [6, 6.07) is 16.1. The van der Waals surface area contributed by atoms with Crippen molar-refractivity contribution >= 4 is 28.0 Å². The number of sulfonamides is 1. The molecule has 1 unspecified atom stereocenters. The molecule has 0 bridgehead atoms. The van der Waals surface area contributed by atoms with E-state index in [0.29, 0.717) is 5.56 Å². The SMILES string of the molecule is CC(C)(C)OC(=O)N1CCN(C(=O)CC(NS(=O)(=O)Cc2ccccc2)C(=O)OCc2ccccc2)CC1. The van der Waals surface area contributed by atoms with E-state index in [1.165, 1.54) is 9.80 Å². The molecule has 1 N–H and O–H groups in total. The van der Waals surface area contributed by atoms with Gasteiger partial charge in [-0.15, -0.1) is 0 Å². The van der Waals surface area contributed by atoms with Crippen molar-refractivity contribution in [2.45, 2.75) is 51.2 Å². The Bertz CT molecular complexity index is 1190. The molecule has 1 aliphatic heterocycles. The fourth-order valence-electron chi connectivity index (χ4n) is 3.82. The third-order valence-electron chi connectivity index (χ3n) is 5.69. The number of nitrogens with one attached hydrogen (secondary N) is 1. The van der Waals surface area contributed by atoms with E-state index < -0.39 is 46.1 Å². The third kappa shape index (κ3) is 9.46. The van der Waals surface area contributed by atoms with Gasteiger partial charge < -0.3 is 19.3 Å². The van der Waals surface area contributed by atoms with Crippen LogP contribution >= 0.6 is 0 Å². The molecule has 38 heavy (non-hydrogen) atoms. The molecule has 206 valence electrons. The highest BCUT2D eigenvalue weighted by Gasteiger charge is 2.33. The normalized spacial score (nSPS) is 15.0. The number of hydrogen-bond donors (Lipinski definition) is 1. The molecule has 2 aromatic carbocycles. The largest absolute Gasteiger partial charge is 0.460 e. The number of benzene rings is 2. The van der Waals surface area contributed by atoms with Crippen LogP contribution < -0.4 is 4.72 Å². The number of hydrogen-bond acceptors (Lipinski definition) is 7. The van der Waals surface area contributed by atoms with E-state index in [9.17, 15) is 22.8 Å². The molecular weight excluding hydrogens is 510 g/mol. The smallest absolute Gasteiger partial charge is 0.410 e. The van der Waals surface area contributed by atoms with Gasteiger partial charge in [-0.3, -0.25) is 9.59 Å². The van der Waals surface area contributed by atoms with Crippen LogP contribution in [0.3, 0.4) is 0 Å². The first-order valence-electron chi connectivity index (χ1n) is 12.4. The number of carbonyl (C=O) groups is 3. The average molecular weight is 546 g/mol. The summed E-state index contributed by atoms with van der Waals surface area (Å²) in [5.41, 5.74) is 0.645. The number of esters is 1. The highest BCUT2D eigenvalue weighted by Crippen LogP contribution is 2.14. The average Bonchev–Trinajstić information content (AvgIpc) is 2.86. The maximum Gasteiger partial charge on any atom is 0.410 e. The quantitative estimate of drug-likeness (QED) is 0.481. The summed E-state index contributed by atoms with van der Waals surface area (Å²) in [5, 5.41) is 0. The molecule has 1 saturated heterocycles. The van der Waals surface area contributed by atoms with Crippen LogP contribution in [0.5, 0.6) is 0 Å². The predicted molar refractivity (Wildman–Crippen MR) is 141 cm³/mol. The number of piperazine rings is 1. The van der Waals surface area contributed by atoms with Gasteiger partial charge in [-0.05, 0) is 31.9 Å². The van der Waals surface area contributed by atoms with Crippen molar-refractivity contribution in [3.8, 4) is 0 Å². The summed E-state index contributed by atoms with van der Waals surface area (Å²) >= 11 is 0. The zero-order chi connectivity index (χ0) is 27.8. The maximum atomic E-state index is 13.1. The van der Waals surface area contributed by atoms with Crippen LogP contribution in [-0.4, -0.2) is 74.0 Å². The van der Waals surface area contributed by atoms with Gasteiger partial charge in [0.1, 0.15) is 18.2 Å². The van der Waals surface area contributed by atoms with Crippen LogP contribution in [0.15, 0.2) is 60.7 Å². The van der Waals surface area contributed by atoms with Crippen molar-refractivity contribution < 1.29 is 32.3 Å². The van der Waals surface area contributed by atoms with Crippen molar-refractivity contribution in [3.05, 3.63) is 71.8 Å². The van der Waals surface area contributed by atoms with Gasteiger partial charge in [0.05, 0.1) is 12.2 Å². The van der Waals surface area contributed by atoms with Gasteiger partial charge in [0.15, 0.2) is 0 Å². The molecular formula is C27H35N3O7S. The first kappa shape index (κ1) is 29.1. The van der Waals surface area contributed by atoms with Crippen LogP contribution in [0.1, 0.15) is 38.3 Å². The van der Waals surface area contributed by atoms with Crippen LogP contribution in [-0.2, 0) is 41.4 Å². The number of carbonyl (C=O) groups excluding carboxylic acids is 3. The van der Waals surface area contributed by atoms with Crippen LogP contribution in [0.25, 0.3) is 0 Å². The van der Waals surface area contributed by atoms with E-state index in [1.54, 1.807) is 75.4 Å². The predicted octanol–water partition coefficient (Wildman–Crippen LogP) is 2.69. The second kappa shape index (κ2) is 12.9. The zero-order valence-electron chi connectivity index (χ0n) is 22.0. The number of ether oxygens (including phenoxy) is 2. The Balaban J connectivity index is 1.65. The lowest BCUT2D eigenvalue weighted by molar-refractivity contribution is -0.149. The van der Waals surface area contributed by atoms with Gasteiger partial charge in [0.2, 0.25) is 15.9 Å². The van der Waals surface area contributed by atoms with Crippen LogP contribution in [0.2, 0.25) is 0 Å². The van der Waals surface area contributed by atoms with E-state index >= 15 is 0 Å². The first-order valence-corrected chi connectivity index (χ1v) is 14.1. The molecule has 1 fully saturated rings. The standard InChI is InChI=1S/C27H35N3O7S/c1-27(2,3)37-26(33)30-16-14-29(15-17-30)24(31)18-23(25(32)36-19-21-10-6-4-7-11-21)28-38(34,35)20-22-12-8-5-9-13-22/h4-13,23,28H,14-20H2,1-3H3. The Morgan fingerprint density at radius 3 is 1.95 bits per heavy atom. The number of rotatable bonds is 9. The number of amides is 2. The Morgan fingerprint density at radius 2 is 1.39 bits per heavy atom. The number of nitrogens with zero attached hydrogens (tertiary/aromatic N) is 2. The Morgan fingerprint density at radius 1 is 0.868 bits per heavy atom. The van der Waals surface area contributed by atoms with Crippen LogP contribution in [0.4, 0.5) is 4.79 Å². The second-order valence-electron chi connectivity index (χ2n) is 10.1. The van der Waals surface area contributed by atoms with Crippen molar-refractivity contribution in [2.24, 2.45) is 0 Å². The Hall–Kier alpha value is -3.44. The zero-order valence-corrected chi connectivity index (χ0v) is 22.8. The molecule has 11 heteroatoms. The summed E-state index contributed by atoms with van der Waals surface area (Å²) in [4.78, 5) is 41.4. The van der Waals surface area contributed by atoms with Gasteiger partial charge >= 0.3 is 12.1 Å². The topological polar surface area (TPSA) is 122 Å². The monoisotopic (exact) mass is 545 g/mol. The van der Waals surface area contributed by atoms with E-state index in [-0.39, 0.29) is 38.5 Å². The lowest BCUT2D eigenvalue weighted by Crippen LogP contribution is -2.53. The van der Waals surface area contributed by atoms with Crippen molar-refractivity contribution in [1.29, 1.82) is 0 Å². The van der Waals surface area contributed by atoms with E-state index in [0.717, 1.165) is 5.56 Å². The van der Waals surface area contributed by atoms with E-state index in [2.05, 4.69) is 4.72 Å². The Kier molecular flexibility index (Phi) is 9.87. The lowest BCUT2D eigenvalue weighted by atomic mass is 10.2. The third-order valence-corrected chi connectivity index (χ3v) is 7.05. The maximum absolute atomic E-state index is 13.1. The van der Waals surface area contributed by atoms with Gasteiger partial charge in [-0.25, -0.2) is 17.9 Å². The fraction of sp³-hybridized carbons (Fsp3) is 0.444. The summed E-state index contributed by atoms with van der Waals surface area (Å²) in [7, 11) is -3.97. The molecule has 1 heterocycles. The van der Waals surface area contributed by atoms with Gasteiger partial charge in [-0.2, -0.15) is 0 Å². The highest BCUT2D eigenvalue weighted by molar-refractivity contribution is 7.88. The first-order chi connectivity index (χ1) is 17.9. The molecule has 2 aromatic rings. The van der Waals surface area contributed by atoms with Crippen molar-refractivity contribution in [2.75, 3.05) is 26.2 Å². The minimum Gasteiger partial charge on any atom is -0.460 e. The molecule has 0 spiro atoms. The van der Waals surface area contributed by atoms with Crippen molar-refractivity contribution in [1.82, 2.24) is 14.5 Å². The van der Waals surface area contributed by atoms with Crippen molar-refractivity contribution in [3.63, 3.8) is 0 Å². The van der Waals surface area contributed by atoms with E-state index in [1.807, 2.05) is 6.07 Å². The molecule has 0 saturated carbocycles. The minimum atomic E-state index is -3.97. The lowest BCUT2D eigenvalue weighted by Gasteiger charge is -2.36.